The quantitative estimate of drug-likeness (QED) is 0.486. The minimum absolute atomic E-state index is 0.00269. The second kappa shape index (κ2) is 5.03. The Morgan fingerprint density at radius 2 is 2.11 bits per heavy atom. The fourth-order valence-corrected chi connectivity index (χ4v) is 1.98. The molecule has 0 heterocycles. The summed E-state index contributed by atoms with van der Waals surface area (Å²) in [4.78, 5) is 21.7. The van der Waals surface area contributed by atoms with Crippen molar-refractivity contribution in [3.05, 3.63) is 32.9 Å². The first kappa shape index (κ1) is 14.0. The van der Waals surface area contributed by atoms with Gasteiger partial charge in [0.2, 0.25) is 0 Å². The molecular formula is C12H16N2O4. The zero-order valence-electron chi connectivity index (χ0n) is 10.6. The van der Waals surface area contributed by atoms with E-state index in [1.165, 1.54) is 6.07 Å². The van der Waals surface area contributed by atoms with E-state index < -0.39 is 10.9 Å². The predicted octanol–water partition coefficient (Wildman–Crippen LogP) is 2.56. The number of hydrogen-bond donors (Lipinski definition) is 2. The van der Waals surface area contributed by atoms with Gasteiger partial charge in [0.15, 0.2) is 0 Å². The zero-order valence-corrected chi connectivity index (χ0v) is 10.6. The number of carbonyl (C=O) groups is 1. The van der Waals surface area contributed by atoms with E-state index in [9.17, 15) is 20.0 Å². The molecule has 6 nitrogen and oxygen atoms in total. The van der Waals surface area contributed by atoms with Gasteiger partial charge in [-0.15, -0.1) is 0 Å². The summed E-state index contributed by atoms with van der Waals surface area (Å²) in [5.41, 5.74) is 6.33. The zero-order chi connectivity index (χ0) is 14.0. The van der Waals surface area contributed by atoms with E-state index in [4.69, 9.17) is 5.73 Å². The number of nitro groups is 1. The van der Waals surface area contributed by atoms with Gasteiger partial charge in [-0.05, 0) is 17.9 Å². The molecule has 0 saturated heterocycles. The molecule has 1 aromatic rings. The smallest absolute Gasteiger partial charge is 0.338 e. The summed E-state index contributed by atoms with van der Waals surface area (Å²) in [6.45, 7) is 5.26. The molecule has 0 spiro atoms. The second-order valence-electron chi connectivity index (χ2n) is 4.32. The SMILES string of the molecule is CCc1c([N+](=O)[O-])cc(C(C)C)c(C(=O)O)c1N. The largest absolute Gasteiger partial charge is 0.478 e. The van der Waals surface area contributed by atoms with Gasteiger partial charge in [0, 0.05) is 6.07 Å². The first-order chi connectivity index (χ1) is 8.31. The molecule has 0 saturated carbocycles. The van der Waals surface area contributed by atoms with E-state index in [0.717, 1.165) is 0 Å². The Kier molecular flexibility index (Phi) is 3.90. The molecule has 0 bridgehead atoms. The van der Waals surface area contributed by atoms with Crippen LogP contribution in [0.2, 0.25) is 0 Å². The van der Waals surface area contributed by atoms with Gasteiger partial charge in [-0.1, -0.05) is 20.8 Å². The van der Waals surface area contributed by atoms with Gasteiger partial charge in [-0.3, -0.25) is 10.1 Å². The topological polar surface area (TPSA) is 106 Å². The van der Waals surface area contributed by atoms with Crippen LogP contribution in [0.4, 0.5) is 11.4 Å². The van der Waals surface area contributed by atoms with Crippen LogP contribution in [0.25, 0.3) is 0 Å². The van der Waals surface area contributed by atoms with Crippen molar-refractivity contribution in [3.8, 4) is 0 Å². The van der Waals surface area contributed by atoms with E-state index >= 15 is 0 Å². The van der Waals surface area contributed by atoms with Crippen molar-refractivity contribution in [2.24, 2.45) is 0 Å². The van der Waals surface area contributed by atoms with Gasteiger partial charge in [0.1, 0.15) is 0 Å². The number of aromatic carboxylic acids is 1. The summed E-state index contributed by atoms with van der Waals surface area (Å²) >= 11 is 0. The Balaban J connectivity index is 3.73. The number of hydrogen-bond acceptors (Lipinski definition) is 4. The predicted molar refractivity (Wildman–Crippen MR) is 67.9 cm³/mol. The normalized spacial score (nSPS) is 10.7. The minimum atomic E-state index is -1.15. The Morgan fingerprint density at radius 1 is 1.56 bits per heavy atom. The van der Waals surface area contributed by atoms with Crippen LogP contribution in [0, 0.1) is 10.1 Å². The van der Waals surface area contributed by atoms with Crippen molar-refractivity contribution in [2.75, 3.05) is 5.73 Å². The molecule has 1 aromatic carbocycles. The number of rotatable bonds is 4. The molecule has 0 aromatic heterocycles. The number of nitro benzene ring substituents is 1. The van der Waals surface area contributed by atoms with Gasteiger partial charge < -0.3 is 10.8 Å². The van der Waals surface area contributed by atoms with Crippen molar-refractivity contribution < 1.29 is 14.8 Å². The lowest BCUT2D eigenvalue weighted by Crippen LogP contribution is -2.12. The molecule has 0 unspecified atom stereocenters. The van der Waals surface area contributed by atoms with Crippen LogP contribution in [0.5, 0.6) is 0 Å². The van der Waals surface area contributed by atoms with Crippen LogP contribution in [0.15, 0.2) is 6.07 Å². The maximum atomic E-state index is 11.2. The molecular weight excluding hydrogens is 236 g/mol. The molecule has 1 rings (SSSR count). The molecule has 6 heteroatoms. The Labute approximate surface area is 105 Å². The first-order valence-corrected chi connectivity index (χ1v) is 5.64. The number of nitrogens with zero attached hydrogens (tertiary/aromatic N) is 1. The van der Waals surface area contributed by atoms with Crippen molar-refractivity contribution >= 4 is 17.3 Å². The van der Waals surface area contributed by atoms with Gasteiger partial charge in [-0.2, -0.15) is 0 Å². The van der Waals surface area contributed by atoms with Gasteiger partial charge in [0.05, 0.1) is 21.7 Å². The fraction of sp³-hybridized carbons (Fsp3) is 0.417. The lowest BCUT2D eigenvalue weighted by molar-refractivity contribution is -0.385. The van der Waals surface area contributed by atoms with Crippen molar-refractivity contribution in [2.45, 2.75) is 33.1 Å². The van der Waals surface area contributed by atoms with E-state index in [1.54, 1.807) is 20.8 Å². The molecule has 0 atom stereocenters. The summed E-state index contributed by atoms with van der Waals surface area (Å²) in [6, 6.07) is 1.32. The third-order valence-corrected chi connectivity index (χ3v) is 2.87. The highest BCUT2D eigenvalue weighted by Gasteiger charge is 2.26. The first-order valence-electron chi connectivity index (χ1n) is 5.64. The highest BCUT2D eigenvalue weighted by atomic mass is 16.6. The number of carboxylic acid groups (broad SMARTS) is 1. The van der Waals surface area contributed by atoms with Crippen LogP contribution in [-0.4, -0.2) is 16.0 Å². The molecule has 0 aliphatic rings. The molecule has 0 fully saturated rings. The standard InChI is InChI=1S/C12H16N2O4/c1-4-7-9(14(17)18)5-8(6(2)3)10(11(7)13)12(15)16/h5-6H,4,13H2,1-3H3,(H,15,16). The maximum absolute atomic E-state index is 11.2. The van der Waals surface area contributed by atoms with E-state index in [0.29, 0.717) is 12.0 Å². The lowest BCUT2D eigenvalue weighted by Gasteiger charge is -2.15. The average Bonchev–Trinajstić information content (AvgIpc) is 2.26. The Hall–Kier alpha value is -2.11. The van der Waals surface area contributed by atoms with Gasteiger partial charge in [0.25, 0.3) is 5.69 Å². The molecule has 0 amide bonds. The molecule has 0 aliphatic heterocycles. The molecule has 18 heavy (non-hydrogen) atoms. The summed E-state index contributed by atoms with van der Waals surface area (Å²) in [5.74, 6) is -1.30. The van der Waals surface area contributed by atoms with Crippen LogP contribution < -0.4 is 5.73 Å². The van der Waals surface area contributed by atoms with Crippen molar-refractivity contribution in [1.29, 1.82) is 0 Å². The van der Waals surface area contributed by atoms with Crippen LogP contribution in [0.1, 0.15) is 48.2 Å². The van der Waals surface area contributed by atoms with Gasteiger partial charge >= 0.3 is 5.97 Å². The van der Waals surface area contributed by atoms with E-state index in [2.05, 4.69) is 0 Å². The fourth-order valence-electron chi connectivity index (χ4n) is 1.98. The summed E-state index contributed by atoms with van der Waals surface area (Å²) in [5, 5.41) is 20.2. The summed E-state index contributed by atoms with van der Waals surface area (Å²) < 4.78 is 0. The van der Waals surface area contributed by atoms with Crippen molar-refractivity contribution in [3.63, 3.8) is 0 Å². The third-order valence-electron chi connectivity index (χ3n) is 2.87. The average molecular weight is 252 g/mol. The van der Waals surface area contributed by atoms with Gasteiger partial charge in [-0.25, -0.2) is 4.79 Å². The number of anilines is 1. The Bertz CT molecular complexity index is 509. The van der Waals surface area contributed by atoms with Crippen LogP contribution in [0.3, 0.4) is 0 Å². The number of benzene rings is 1. The number of carboxylic acids is 1. The molecule has 98 valence electrons. The van der Waals surface area contributed by atoms with E-state index in [-0.39, 0.29) is 28.4 Å². The van der Waals surface area contributed by atoms with Crippen molar-refractivity contribution in [1.82, 2.24) is 0 Å². The maximum Gasteiger partial charge on any atom is 0.338 e. The minimum Gasteiger partial charge on any atom is -0.478 e. The third kappa shape index (κ3) is 2.27. The molecule has 0 aliphatic carbocycles. The summed E-state index contributed by atoms with van der Waals surface area (Å²) in [6.07, 6.45) is 0.320. The second-order valence-corrected chi connectivity index (χ2v) is 4.32. The molecule has 3 N–H and O–H groups in total. The highest BCUT2D eigenvalue weighted by Crippen LogP contribution is 2.34. The van der Waals surface area contributed by atoms with Crippen LogP contribution in [-0.2, 0) is 6.42 Å². The summed E-state index contributed by atoms with van der Waals surface area (Å²) in [7, 11) is 0. The Morgan fingerprint density at radius 3 is 2.44 bits per heavy atom. The van der Waals surface area contributed by atoms with Crippen LogP contribution >= 0.6 is 0 Å². The monoisotopic (exact) mass is 252 g/mol. The highest BCUT2D eigenvalue weighted by molar-refractivity contribution is 5.97. The molecule has 0 radical (unpaired) electrons. The lowest BCUT2D eigenvalue weighted by atomic mass is 9.91. The number of nitrogen functional groups attached to an aromatic ring is 1. The van der Waals surface area contributed by atoms with E-state index in [1.807, 2.05) is 0 Å². The number of nitrogens with two attached hydrogens (primary N) is 1.